The summed E-state index contributed by atoms with van der Waals surface area (Å²) < 4.78 is 6.11. The van der Waals surface area contributed by atoms with Crippen LogP contribution >= 0.6 is 0 Å². The lowest BCUT2D eigenvalue weighted by Crippen LogP contribution is -2.00. The number of fused-ring (bicyclic) bond motifs is 6. The molecule has 0 N–H and O–H groups in total. The lowest BCUT2D eigenvalue weighted by atomic mass is 9.96. The highest BCUT2D eigenvalue weighted by atomic mass is 16.3. The molecule has 0 fully saturated rings. The number of benzene rings is 6. The summed E-state index contributed by atoms with van der Waals surface area (Å²) in [4.78, 5) is 19.7. The third-order valence-electron chi connectivity index (χ3n) is 8.07. The highest BCUT2D eigenvalue weighted by Crippen LogP contribution is 2.40. The Morgan fingerprint density at radius 3 is 2.09 bits per heavy atom. The molecule has 2 aromatic heterocycles. The molecular formula is C39H26N4O. The fourth-order valence-electron chi connectivity index (χ4n) is 6.03. The Balaban J connectivity index is 1.39. The number of aliphatic imine (C=N–C) groups is 1. The van der Waals surface area contributed by atoms with E-state index < -0.39 is 0 Å². The highest BCUT2D eigenvalue weighted by molar-refractivity contribution is 6.17. The Labute approximate surface area is 253 Å². The van der Waals surface area contributed by atoms with Crippen molar-refractivity contribution in [2.45, 2.75) is 6.92 Å². The normalized spacial score (nSPS) is 11.8. The largest absolute Gasteiger partial charge is 0.454 e. The van der Waals surface area contributed by atoms with Crippen LogP contribution in [-0.2, 0) is 0 Å². The molecule has 0 amide bonds. The van der Waals surface area contributed by atoms with Gasteiger partial charge in [0, 0.05) is 22.9 Å². The maximum absolute atomic E-state index is 6.11. The monoisotopic (exact) mass is 566 g/mol. The van der Waals surface area contributed by atoms with E-state index in [1.165, 1.54) is 21.5 Å². The van der Waals surface area contributed by atoms with E-state index >= 15 is 0 Å². The summed E-state index contributed by atoms with van der Waals surface area (Å²) in [5, 5.41) is 8.05. The van der Waals surface area contributed by atoms with Crippen molar-refractivity contribution in [2.75, 3.05) is 0 Å². The van der Waals surface area contributed by atoms with Gasteiger partial charge in [-0.15, -0.1) is 0 Å². The van der Waals surface area contributed by atoms with Gasteiger partial charge in [-0.25, -0.2) is 15.0 Å². The first kappa shape index (κ1) is 25.7. The minimum Gasteiger partial charge on any atom is -0.454 e. The lowest BCUT2D eigenvalue weighted by Gasteiger charge is -2.11. The molecule has 0 bridgehead atoms. The summed E-state index contributed by atoms with van der Waals surface area (Å²) in [7, 11) is 0. The predicted molar refractivity (Wildman–Crippen MR) is 182 cm³/mol. The fourth-order valence-corrected chi connectivity index (χ4v) is 6.03. The molecule has 0 atom stereocenters. The SMILES string of the molecule is C=Cc1oc2cccc(-c3nc(-c4ccccc4)nc(-c4ccc5ccc6c7ccccc7ccc6c5c4)n3)c2c1N=CC. The molecule has 0 aliphatic rings. The Morgan fingerprint density at radius 1 is 0.614 bits per heavy atom. The first-order valence-corrected chi connectivity index (χ1v) is 14.5. The van der Waals surface area contributed by atoms with Crippen molar-refractivity contribution in [2.24, 2.45) is 4.99 Å². The van der Waals surface area contributed by atoms with Crippen molar-refractivity contribution in [3.63, 3.8) is 0 Å². The van der Waals surface area contributed by atoms with Gasteiger partial charge in [0.15, 0.2) is 23.2 Å². The van der Waals surface area contributed by atoms with Crippen LogP contribution in [0.3, 0.4) is 0 Å². The Kier molecular flexibility index (Phi) is 6.09. The summed E-state index contributed by atoms with van der Waals surface area (Å²) in [5.41, 5.74) is 4.05. The fraction of sp³-hybridized carbons (Fsp3) is 0.0256. The maximum atomic E-state index is 6.11. The van der Waals surface area contributed by atoms with Gasteiger partial charge in [-0.05, 0) is 57.4 Å². The summed E-state index contributed by atoms with van der Waals surface area (Å²) in [5.74, 6) is 2.35. The van der Waals surface area contributed by atoms with Gasteiger partial charge in [-0.2, -0.15) is 0 Å². The minimum absolute atomic E-state index is 0.549. The van der Waals surface area contributed by atoms with E-state index in [2.05, 4.69) is 78.3 Å². The second-order valence-electron chi connectivity index (χ2n) is 10.6. The minimum atomic E-state index is 0.549. The van der Waals surface area contributed by atoms with Gasteiger partial charge in [0.2, 0.25) is 0 Å². The van der Waals surface area contributed by atoms with Gasteiger partial charge in [0.1, 0.15) is 11.3 Å². The lowest BCUT2D eigenvalue weighted by molar-refractivity contribution is 0.605. The Morgan fingerprint density at radius 2 is 1.30 bits per heavy atom. The van der Waals surface area contributed by atoms with Gasteiger partial charge >= 0.3 is 0 Å². The molecule has 0 radical (unpaired) electrons. The van der Waals surface area contributed by atoms with Gasteiger partial charge in [0.05, 0.1) is 5.39 Å². The zero-order valence-corrected chi connectivity index (χ0v) is 24.0. The highest BCUT2D eigenvalue weighted by Gasteiger charge is 2.20. The summed E-state index contributed by atoms with van der Waals surface area (Å²) in [6.07, 6.45) is 3.44. The van der Waals surface area contributed by atoms with Gasteiger partial charge < -0.3 is 4.42 Å². The molecule has 0 saturated carbocycles. The van der Waals surface area contributed by atoms with Gasteiger partial charge in [-0.3, -0.25) is 4.99 Å². The van der Waals surface area contributed by atoms with Crippen molar-refractivity contribution in [3.05, 3.63) is 128 Å². The average molecular weight is 567 g/mol. The number of nitrogens with zero attached hydrogens (tertiary/aromatic N) is 4. The standard InChI is InChI=1S/C39H26N4O/c1-3-33-36(40-4-2)35-31(15-10-16-34(35)44-33)39-42-37(26-12-6-5-7-13-26)41-38(43-39)27-18-17-25-20-21-29-28-14-9-8-11-24(28)19-22-30(29)32(25)23-27/h3-23H,1H2,2H3. The Bertz CT molecular complexity index is 2420. The van der Waals surface area contributed by atoms with Crippen LogP contribution in [0, 0.1) is 0 Å². The molecule has 2 heterocycles. The summed E-state index contributed by atoms with van der Waals surface area (Å²) in [6.45, 7) is 5.82. The van der Waals surface area contributed by atoms with E-state index in [9.17, 15) is 0 Å². The van der Waals surface area contributed by atoms with Crippen LogP contribution < -0.4 is 0 Å². The molecule has 8 aromatic rings. The van der Waals surface area contributed by atoms with Crippen molar-refractivity contribution in [1.29, 1.82) is 0 Å². The zero-order chi connectivity index (χ0) is 29.6. The third kappa shape index (κ3) is 4.17. The molecule has 0 saturated heterocycles. The van der Waals surface area contributed by atoms with E-state index in [4.69, 9.17) is 19.4 Å². The molecule has 0 spiro atoms. The number of hydrogen-bond acceptors (Lipinski definition) is 5. The first-order valence-electron chi connectivity index (χ1n) is 14.5. The molecule has 0 aliphatic heterocycles. The van der Waals surface area contributed by atoms with E-state index in [0.29, 0.717) is 34.5 Å². The quantitative estimate of drug-likeness (QED) is 0.154. The number of hydrogen-bond donors (Lipinski definition) is 0. The molecule has 208 valence electrons. The van der Waals surface area contributed by atoms with Gasteiger partial charge in [0.25, 0.3) is 0 Å². The molecule has 6 aromatic carbocycles. The van der Waals surface area contributed by atoms with Crippen molar-refractivity contribution in [3.8, 4) is 34.2 Å². The van der Waals surface area contributed by atoms with Crippen molar-refractivity contribution in [1.82, 2.24) is 15.0 Å². The van der Waals surface area contributed by atoms with E-state index in [0.717, 1.165) is 32.8 Å². The second kappa shape index (κ2) is 10.4. The zero-order valence-electron chi connectivity index (χ0n) is 24.0. The van der Waals surface area contributed by atoms with E-state index in [1.807, 2.05) is 55.5 Å². The van der Waals surface area contributed by atoms with Crippen LogP contribution in [0.4, 0.5) is 5.69 Å². The Hall–Kier alpha value is -5.94. The van der Waals surface area contributed by atoms with Crippen LogP contribution in [-0.4, -0.2) is 21.2 Å². The number of aromatic nitrogens is 3. The van der Waals surface area contributed by atoms with E-state index in [1.54, 1.807) is 12.3 Å². The van der Waals surface area contributed by atoms with Crippen LogP contribution in [0.25, 0.3) is 83.5 Å². The van der Waals surface area contributed by atoms with E-state index in [-0.39, 0.29) is 0 Å². The molecule has 5 nitrogen and oxygen atoms in total. The van der Waals surface area contributed by atoms with Crippen molar-refractivity contribution < 1.29 is 4.42 Å². The topological polar surface area (TPSA) is 64.2 Å². The van der Waals surface area contributed by atoms with Crippen LogP contribution in [0.15, 0.2) is 131 Å². The summed E-state index contributed by atoms with van der Waals surface area (Å²) in [6, 6.07) is 39.6. The molecule has 8 rings (SSSR count). The third-order valence-corrected chi connectivity index (χ3v) is 8.07. The van der Waals surface area contributed by atoms with Crippen molar-refractivity contribution >= 4 is 61.3 Å². The number of furan rings is 1. The molecule has 5 heteroatoms. The molecule has 0 unspecified atom stereocenters. The second-order valence-corrected chi connectivity index (χ2v) is 10.6. The summed E-state index contributed by atoms with van der Waals surface area (Å²) >= 11 is 0. The van der Waals surface area contributed by atoms with Gasteiger partial charge in [-0.1, -0.05) is 110 Å². The maximum Gasteiger partial charge on any atom is 0.164 e. The number of rotatable bonds is 5. The van der Waals surface area contributed by atoms with Crippen LogP contribution in [0.1, 0.15) is 12.7 Å². The molecule has 44 heavy (non-hydrogen) atoms. The molecular weight excluding hydrogens is 540 g/mol. The first-order chi connectivity index (χ1) is 21.7. The van der Waals surface area contributed by atoms with Crippen LogP contribution in [0.2, 0.25) is 0 Å². The predicted octanol–water partition coefficient (Wildman–Crippen LogP) is 10.4. The average Bonchev–Trinajstić information content (AvgIpc) is 3.45. The smallest absolute Gasteiger partial charge is 0.164 e. The van der Waals surface area contributed by atoms with Crippen LogP contribution in [0.5, 0.6) is 0 Å². The molecule has 0 aliphatic carbocycles.